The number of aliphatic hydroxyl groups is 6. The predicted molar refractivity (Wildman–Crippen MR) is 136 cm³/mol. The van der Waals surface area contributed by atoms with Crippen molar-refractivity contribution in [2.75, 3.05) is 6.61 Å². The zero-order valence-corrected chi connectivity index (χ0v) is 23.0. The van der Waals surface area contributed by atoms with E-state index in [0.717, 1.165) is 11.9 Å². The molecule has 2 unspecified atom stereocenters. The molecule has 4 aliphatic carbocycles. The first-order valence-electron chi connectivity index (χ1n) is 14.6. The first-order chi connectivity index (χ1) is 18.8. The first kappa shape index (κ1) is 28.7. The molecule has 0 spiro atoms. The second-order valence-electron chi connectivity index (χ2n) is 13.5. The molecule has 11 heteroatoms. The third-order valence-electron chi connectivity index (χ3n) is 12.1. The highest BCUT2D eigenvalue weighted by atomic mass is 16.7. The van der Waals surface area contributed by atoms with Crippen LogP contribution in [0.5, 0.6) is 0 Å². The van der Waals surface area contributed by atoms with Crippen molar-refractivity contribution in [2.24, 2.45) is 28.6 Å². The fourth-order valence-corrected chi connectivity index (χ4v) is 9.74. The lowest BCUT2D eigenvalue weighted by Crippen LogP contribution is -2.71. The van der Waals surface area contributed by atoms with Gasteiger partial charge in [-0.2, -0.15) is 0 Å². The number of aldehydes is 1. The summed E-state index contributed by atoms with van der Waals surface area (Å²) < 4.78 is 16.8. The van der Waals surface area contributed by atoms with Gasteiger partial charge < -0.3 is 49.6 Å². The Labute approximate surface area is 233 Å². The molecule has 2 heterocycles. The molecular weight excluding hydrogens is 524 g/mol. The minimum atomic E-state index is -1.47. The summed E-state index contributed by atoms with van der Waals surface area (Å²) in [7, 11) is 0. The van der Waals surface area contributed by atoms with Gasteiger partial charge in [-0.1, -0.05) is 6.92 Å². The number of esters is 1. The van der Waals surface area contributed by atoms with E-state index in [4.69, 9.17) is 14.2 Å². The molecule has 224 valence electrons. The van der Waals surface area contributed by atoms with E-state index in [2.05, 4.69) is 0 Å². The largest absolute Gasteiger partial charge is 0.458 e. The predicted octanol–water partition coefficient (Wildman–Crippen LogP) is -0.279. The van der Waals surface area contributed by atoms with E-state index < -0.39 is 76.8 Å². The van der Waals surface area contributed by atoms with Crippen molar-refractivity contribution in [2.45, 2.75) is 119 Å². The fraction of sp³-hybridized carbons (Fsp3) is 0.862. The van der Waals surface area contributed by atoms with E-state index in [9.17, 15) is 40.2 Å². The Bertz CT molecular complexity index is 1080. The Balaban J connectivity index is 1.25. The first-order valence-corrected chi connectivity index (χ1v) is 14.6. The number of hydrogen-bond acceptors (Lipinski definition) is 11. The van der Waals surface area contributed by atoms with Crippen LogP contribution in [0.3, 0.4) is 0 Å². The minimum absolute atomic E-state index is 0.0926. The van der Waals surface area contributed by atoms with Gasteiger partial charge in [-0.15, -0.1) is 0 Å². The van der Waals surface area contributed by atoms with Crippen molar-refractivity contribution in [1.82, 2.24) is 0 Å². The standard InChI is InChI=1S/C29H42O11/c1-14-22(33)23(34)24(35)25(39-14)40-16-3-6-27(13-30)19-10-20(31)26(2)17(15-9-21(32)38-12-15)5-8-29(26,37)18(19)4-7-28(27,36)11-16/h9,13-14,16-20,22-25,31,33-37H,3-8,10-12H2,1-2H3/t14-,16+,17-,18?,19?,20-,22+,23-,24-,25+,26+,27+,28+,29+/m1/s1. The molecule has 2 aliphatic heterocycles. The molecule has 0 radical (unpaired) electrons. The summed E-state index contributed by atoms with van der Waals surface area (Å²) in [6.45, 7) is 3.61. The lowest BCUT2D eigenvalue weighted by atomic mass is 9.41. The number of ether oxygens (including phenoxy) is 3. The van der Waals surface area contributed by atoms with Gasteiger partial charge in [-0.25, -0.2) is 4.79 Å². The van der Waals surface area contributed by atoms with Gasteiger partial charge in [0.05, 0.1) is 34.9 Å². The molecule has 0 aromatic carbocycles. The molecule has 5 fully saturated rings. The summed E-state index contributed by atoms with van der Waals surface area (Å²) in [5.74, 6) is -1.42. The van der Waals surface area contributed by atoms with Crippen LogP contribution < -0.4 is 0 Å². The van der Waals surface area contributed by atoms with E-state index in [1.807, 2.05) is 6.92 Å². The van der Waals surface area contributed by atoms with Crippen LogP contribution in [0.1, 0.15) is 65.2 Å². The summed E-state index contributed by atoms with van der Waals surface area (Å²) in [5, 5.41) is 66.7. The molecular formula is C29H42O11. The highest BCUT2D eigenvalue weighted by Crippen LogP contribution is 2.70. The molecule has 0 bridgehead atoms. The summed E-state index contributed by atoms with van der Waals surface area (Å²) in [4.78, 5) is 24.8. The average Bonchev–Trinajstić information content (AvgIpc) is 3.46. The van der Waals surface area contributed by atoms with Gasteiger partial charge in [0, 0.05) is 17.9 Å². The number of carbonyl (C=O) groups is 2. The second kappa shape index (κ2) is 9.54. The number of aliphatic hydroxyl groups excluding tert-OH is 4. The van der Waals surface area contributed by atoms with Crippen LogP contribution in [0.25, 0.3) is 0 Å². The van der Waals surface area contributed by atoms with E-state index in [0.29, 0.717) is 25.7 Å². The molecule has 0 amide bonds. The lowest BCUT2D eigenvalue weighted by Gasteiger charge is -2.66. The van der Waals surface area contributed by atoms with E-state index >= 15 is 0 Å². The summed E-state index contributed by atoms with van der Waals surface area (Å²) in [6.07, 6.45) is -2.70. The van der Waals surface area contributed by atoms with Crippen molar-refractivity contribution in [3.05, 3.63) is 11.6 Å². The maximum absolute atomic E-state index is 13.0. The average molecular weight is 567 g/mol. The van der Waals surface area contributed by atoms with Gasteiger partial charge >= 0.3 is 5.97 Å². The normalized spacial score (nSPS) is 56.0. The van der Waals surface area contributed by atoms with Crippen molar-refractivity contribution in [3.63, 3.8) is 0 Å². The molecule has 11 nitrogen and oxygen atoms in total. The topological polar surface area (TPSA) is 183 Å². The van der Waals surface area contributed by atoms with Crippen LogP contribution in [0, 0.1) is 28.6 Å². The van der Waals surface area contributed by atoms with Crippen molar-refractivity contribution >= 4 is 12.3 Å². The Morgan fingerprint density at radius 1 is 1.00 bits per heavy atom. The Kier molecular flexibility index (Phi) is 6.83. The van der Waals surface area contributed by atoms with Crippen LogP contribution >= 0.6 is 0 Å². The highest BCUT2D eigenvalue weighted by Gasteiger charge is 2.74. The van der Waals surface area contributed by atoms with Gasteiger partial charge in [0.15, 0.2) is 6.29 Å². The van der Waals surface area contributed by atoms with Gasteiger partial charge in [0.1, 0.15) is 31.2 Å². The Morgan fingerprint density at radius 2 is 1.75 bits per heavy atom. The van der Waals surface area contributed by atoms with Gasteiger partial charge in [-0.05, 0) is 75.2 Å². The smallest absolute Gasteiger partial charge is 0.331 e. The van der Waals surface area contributed by atoms with E-state index in [-0.39, 0.29) is 44.1 Å². The molecule has 0 aromatic heterocycles. The summed E-state index contributed by atoms with van der Waals surface area (Å²) >= 11 is 0. The van der Waals surface area contributed by atoms with E-state index in [1.165, 1.54) is 6.08 Å². The van der Waals surface area contributed by atoms with Crippen LogP contribution in [0.15, 0.2) is 11.6 Å². The molecule has 4 saturated carbocycles. The van der Waals surface area contributed by atoms with Crippen LogP contribution in [0.2, 0.25) is 0 Å². The third-order valence-corrected chi connectivity index (χ3v) is 12.1. The fourth-order valence-electron chi connectivity index (χ4n) is 9.74. The third kappa shape index (κ3) is 3.71. The van der Waals surface area contributed by atoms with Gasteiger partial charge in [-0.3, -0.25) is 0 Å². The Morgan fingerprint density at radius 3 is 2.42 bits per heavy atom. The summed E-state index contributed by atoms with van der Waals surface area (Å²) in [5.41, 5.74) is -4.09. The maximum Gasteiger partial charge on any atom is 0.331 e. The molecule has 0 aromatic rings. The second-order valence-corrected chi connectivity index (χ2v) is 13.5. The maximum atomic E-state index is 13.0. The lowest BCUT2D eigenvalue weighted by molar-refractivity contribution is -0.319. The molecule has 14 atom stereocenters. The van der Waals surface area contributed by atoms with Crippen molar-refractivity contribution in [3.8, 4) is 0 Å². The van der Waals surface area contributed by atoms with Gasteiger partial charge in [0.25, 0.3) is 0 Å². The SMILES string of the molecule is C[C@H]1O[C@@H](O[C@H]2CC[C@]3(C=O)C4C[C@@H](O)[C@]5(C)[C@@H](C6=CC(=O)OC6)CC[C@]5(O)C4CC[C@]3(O)C2)[C@H](O)[C@H](O)[C@H]1O. The van der Waals surface area contributed by atoms with Crippen LogP contribution in [-0.2, 0) is 23.8 Å². The Hall–Kier alpha value is -1.44. The number of carbonyl (C=O) groups excluding carboxylic acids is 2. The zero-order valence-electron chi connectivity index (χ0n) is 23.0. The van der Waals surface area contributed by atoms with Crippen molar-refractivity contribution in [1.29, 1.82) is 0 Å². The monoisotopic (exact) mass is 566 g/mol. The van der Waals surface area contributed by atoms with Gasteiger partial charge in [0.2, 0.25) is 0 Å². The molecule has 6 rings (SSSR count). The van der Waals surface area contributed by atoms with E-state index in [1.54, 1.807) is 6.92 Å². The van der Waals surface area contributed by atoms with Crippen LogP contribution in [-0.4, -0.2) is 104 Å². The number of hydrogen-bond donors (Lipinski definition) is 6. The molecule has 1 saturated heterocycles. The number of cyclic esters (lactones) is 1. The van der Waals surface area contributed by atoms with Crippen molar-refractivity contribution < 1.29 is 54.4 Å². The molecule has 6 aliphatic rings. The van der Waals surface area contributed by atoms with Crippen LogP contribution in [0.4, 0.5) is 0 Å². The molecule has 40 heavy (non-hydrogen) atoms. The number of fused-ring (bicyclic) bond motifs is 5. The highest BCUT2D eigenvalue weighted by molar-refractivity contribution is 5.85. The zero-order chi connectivity index (χ0) is 28.8. The minimum Gasteiger partial charge on any atom is -0.458 e. The summed E-state index contributed by atoms with van der Waals surface area (Å²) in [6, 6.07) is 0. The molecule has 6 N–H and O–H groups in total. The number of rotatable bonds is 4. The quantitative estimate of drug-likeness (QED) is 0.149.